The molecule has 0 spiro atoms. The van der Waals surface area contributed by atoms with Crippen molar-refractivity contribution >= 4 is 29.3 Å². The minimum absolute atomic E-state index is 0.100. The highest BCUT2D eigenvalue weighted by Crippen LogP contribution is 2.33. The van der Waals surface area contributed by atoms with E-state index in [2.05, 4.69) is 22.2 Å². The molecular weight excluding hydrogens is 461 g/mol. The highest BCUT2D eigenvalue weighted by atomic mass is 19.4. The van der Waals surface area contributed by atoms with Crippen LogP contribution in [0.2, 0.25) is 0 Å². The molecule has 3 aromatic rings. The van der Waals surface area contributed by atoms with Gasteiger partial charge in [0.05, 0.1) is 5.56 Å². The molecule has 3 rings (SSSR count). The molecule has 0 aliphatic rings. The first kappa shape index (κ1) is 25.0. The highest BCUT2D eigenvalue weighted by Gasteiger charge is 2.31. The van der Waals surface area contributed by atoms with Gasteiger partial charge in [0.2, 0.25) is 0 Å². The molecular formula is C25H21F3N4O3. The second-order valence-electron chi connectivity index (χ2n) is 7.23. The number of aromatic nitrogens is 1. The summed E-state index contributed by atoms with van der Waals surface area (Å²) in [6, 6.07) is 12.6. The van der Waals surface area contributed by atoms with Crippen LogP contribution in [0.3, 0.4) is 0 Å². The third-order valence-corrected chi connectivity index (χ3v) is 4.63. The predicted octanol–water partition coefficient (Wildman–Crippen LogP) is 5.04. The number of halogens is 3. The molecule has 10 heteroatoms. The van der Waals surface area contributed by atoms with Gasteiger partial charge in [0, 0.05) is 36.3 Å². The van der Waals surface area contributed by atoms with Crippen LogP contribution in [0.1, 0.15) is 21.6 Å². The molecule has 0 aliphatic heterocycles. The van der Waals surface area contributed by atoms with E-state index in [0.717, 1.165) is 12.1 Å². The van der Waals surface area contributed by atoms with Gasteiger partial charge in [-0.25, -0.2) is 0 Å². The van der Waals surface area contributed by atoms with Crippen molar-refractivity contribution in [3.05, 3.63) is 95.8 Å². The van der Waals surface area contributed by atoms with Gasteiger partial charge in [0.1, 0.15) is 17.2 Å². The average molecular weight is 482 g/mol. The van der Waals surface area contributed by atoms with Crippen LogP contribution in [0.25, 0.3) is 6.08 Å². The number of benzene rings is 2. The summed E-state index contributed by atoms with van der Waals surface area (Å²) in [6.07, 6.45) is -0.403. The number of nitrogen functional groups attached to an aromatic ring is 1. The fourth-order valence-electron chi connectivity index (χ4n) is 3.02. The zero-order chi connectivity index (χ0) is 25.6. The number of ether oxygens (including phenoxy) is 1. The van der Waals surface area contributed by atoms with Gasteiger partial charge in [-0.2, -0.15) is 13.2 Å². The molecule has 0 unspecified atom stereocenters. The van der Waals surface area contributed by atoms with Crippen molar-refractivity contribution < 1.29 is 27.5 Å². The van der Waals surface area contributed by atoms with Crippen LogP contribution in [0.4, 0.5) is 24.5 Å². The summed E-state index contributed by atoms with van der Waals surface area (Å²) >= 11 is 0. The molecule has 0 atom stereocenters. The van der Waals surface area contributed by atoms with Crippen molar-refractivity contribution in [2.24, 2.45) is 0 Å². The Kier molecular flexibility index (Phi) is 7.55. The van der Waals surface area contributed by atoms with Gasteiger partial charge in [-0.3, -0.25) is 14.6 Å². The number of anilines is 2. The number of hydrogen-bond acceptors (Lipinski definition) is 5. The molecule has 0 saturated heterocycles. The molecule has 0 saturated carbocycles. The largest absolute Gasteiger partial charge is 0.457 e. The van der Waals surface area contributed by atoms with Crippen molar-refractivity contribution in [2.75, 3.05) is 18.1 Å². The van der Waals surface area contributed by atoms with Gasteiger partial charge in [-0.05, 0) is 48.0 Å². The SMILES string of the molecule is C=C/C(=C\c1cccc(Oc2ccnc(C(=O)NC)c2)c1)C(=O)Nc1cc(N)cc(C(F)(F)F)c1. The average Bonchev–Trinajstić information content (AvgIpc) is 2.81. The van der Waals surface area contributed by atoms with E-state index in [1.54, 1.807) is 30.3 Å². The number of carbonyl (C=O) groups is 2. The summed E-state index contributed by atoms with van der Waals surface area (Å²) < 4.78 is 44.9. The van der Waals surface area contributed by atoms with Crippen molar-refractivity contribution in [3.63, 3.8) is 0 Å². The van der Waals surface area contributed by atoms with E-state index in [1.807, 2.05) is 0 Å². The van der Waals surface area contributed by atoms with Crippen molar-refractivity contribution in [2.45, 2.75) is 6.18 Å². The number of hydrogen-bond donors (Lipinski definition) is 3. The molecule has 0 bridgehead atoms. The Labute approximate surface area is 199 Å². The van der Waals surface area contributed by atoms with Gasteiger partial charge >= 0.3 is 6.18 Å². The normalized spacial score (nSPS) is 11.5. The van der Waals surface area contributed by atoms with Crippen LogP contribution in [0, 0.1) is 0 Å². The van der Waals surface area contributed by atoms with Gasteiger partial charge in [-0.15, -0.1) is 0 Å². The van der Waals surface area contributed by atoms with Crippen molar-refractivity contribution in [1.82, 2.24) is 10.3 Å². The van der Waals surface area contributed by atoms with Crippen LogP contribution >= 0.6 is 0 Å². The first-order valence-corrected chi connectivity index (χ1v) is 10.2. The predicted molar refractivity (Wildman–Crippen MR) is 127 cm³/mol. The van der Waals surface area contributed by atoms with E-state index in [-0.39, 0.29) is 28.5 Å². The molecule has 35 heavy (non-hydrogen) atoms. The van der Waals surface area contributed by atoms with Gasteiger partial charge in [0.25, 0.3) is 11.8 Å². The van der Waals surface area contributed by atoms with E-state index in [0.29, 0.717) is 17.1 Å². The summed E-state index contributed by atoms with van der Waals surface area (Å²) in [6.45, 7) is 3.61. The van der Waals surface area contributed by atoms with Crippen LogP contribution in [-0.2, 0) is 11.0 Å². The third kappa shape index (κ3) is 6.70. The quantitative estimate of drug-likeness (QED) is 0.248. The Morgan fingerprint density at radius 1 is 1.09 bits per heavy atom. The highest BCUT2D eigenvalue weighted by molar-refractivity contribution is 6.09. The lowest BCUT2D eigenvalue weighted by atomic mass is 10.1. The number of carbonyl (C=O) groups excluding carboxylic acids is 2. The Hall–Kier alpha value is -4.60. The minimum Gasteiger partial charge on any atom is -0.457 e. The molecule has 0 radical (unpaired) electrons. The fraction of sp³-hybridized carbons (Fsp3) is 0.0800. The van der Waals surface area contributed by atoms with Crippen molar-refractivity contribution in [1.29, 1.82) is 0 Å². The van der Waals surface area contributed by atoms with E-state index in [1.165, 1.54) is 37.5 Å². The lowest BCUT2D eigenvalue weighted by molar-refractivity contribution is -0.137. The first-order valence-electron chi connectivity index (χ1n) is 10.2. The van der Waals surface area contributed by atoms with E-state index in [4.69, 9.17) is 10.5 Å². The molecule has 1 aromatic heterocycles. The zero-order valence-electron chi connectivity index (χ0n) is 18.5. The van der Waals surface area contributed by atoms with E-state index in [9.17, 15) is 22.8 Å². The lowest BCUT2D eigenvalue weighted by Gasteiger charge is -2.12. The van der Waals surface area contributed by atoms with Crippen LogP contribution in [0.5, 0.6) is 11.5 Å². The number of amides is 2. The second kappa shape index (κ2) is 10.6. The molecule has 0 aliphatic carbocycles. The van der Waals surface area contributed by atoms with E-state index >= 15 is 0 Å². The van der Waals surface area contributed by atoms with Crippen LogP contribution in [-0.4, -0.2) is 23.8 Å². The molecule has 2 amide bonds. The van der Waals surface area contributed by atoms with E-state index < -0.39 is 17.6 Å². The smallest absolute Gasteiger partial charge is 0.416 e. The Morgan fingerprint density at radius 3 is 2.51 bits per heavy atom. The van der Waals surface area contributed by atoms with Crippen LogP contribution in [0.15, 0.2) is 79.0 Å². The molecule has 4 N–H and O–H groups in total. The number of rotatable bonds is 7. The monoisotopic (exact) mass is 482 g/mol. The number of nitrogens with two attached hydrogens (primary N) is 1. The maximum Gasteiger partial charge on any atom is 0.416 e. The summed E-state index contributed by atoms with van der Waals surface area (Å²) in [7, 11) is 1.49. The molecule has 0 fully saturated rings. The van der Waals surface area contributed by atoms with Crippen LogP contribution < -0.4 is 21.1 Å². The summed E-state index contributed by atoms with van der Waals surface area (Å²) in [4.78, 5) is 28.4. The molecule has 180 valence electrons. The molecule has 1 heterocycles. The molecule has 7 nitrogen and oxygen atoms in total. The van der Waals surface area contributed by atoms with Gasteiger partial charge in [0.15, 0.2) is 0 Å². The maximum atomic E-state index is 13.0. The summed E-state index contributed by atoms with van der Waals surface area (Å²) in [5.74, 6) is -0.239. The summed E-state index contributed by atoms with van der Waals surface area (Å²) in [5.41, 5.74) is 5.19. The van der Waals surface area contributed by atoms with Gasteiger partial charge < -0.3 is 21.1 Å². The lowest BCUT2D eigenvalue weighted by Crippen LogP contribution is -2.18. The number of pyridine rings is 1. The fourth-order valence-corrected chi connectivity index (χ4v) is 3.02. The first-order chi connectivity index (χ1) is 16.6. The molecule has 2 aromatic carbocycles. The summed E-state index contributed by atoms with van der Waals surface area (Å²) in [5, 5.41) is 4.88. The zero-order valence-corrected chi connectivity index (χ0v) is 18.5. The Morgan fingerprint density at radius 2 is 1.83 bits per heavy atom. The maximum absolute atomic E-state index is 13.0. The Bertz CT molecular complexity index is 1300. The Balaban J connectivity index is 1.80. The second-order valence-corrected chi connectivity index (χ2v) is 7.23. The number of alkyl halides is 3. The third-order valence-electron chi connectivity index (χ3n) is 4.63. The topological polar surface area (TPSA) is 106 Å². The van der Waals surface area contributed by atoms with Gasteiger partial charge in [-0.1, -0.05) is 24.8 Å². The number of nitrogens with zero attached hydrogens (tertiary/aromatic N) is 1. The minimum atomic E-state index is -4.61. The number of nitrogens with one attached hydrogen (secondary N) is 2. The van der Waals surface area contributed by atoms with Crippen molar-refractivity contribution in [3.8, 4) is 11.5 Å². The standard InChI is InChI=1S/C25H21F3N4O3/c1-3-16(23(33)32-19-12-17(25(26,27)28)11-18(29)13-19)9-15-5-4-6-20(10-15)35-21-7-8-31-22(14-21)24(34)30-2/h3-14H,1,29H2,2H3,(H,30,34)(H,32,33)/b16-9+.